The number of nitrogens with zero attached hydrogens (tertiary/aromatic N) is 2. The van der Waals surface area contributed by atoms with Crippen molar-refractivity contribution in [2.75, 3.05) is 7.05 Å². The van der Waals surface area contributed by atoms with Crippen LogP contribution in [0.4, 0.5) is 0 Å². The maximum absolute atomic E-state index is 12.6. The summed E-state index contributed by atoms with van der Waals surface area (Å²) in [4.78, 5) is 25.7. The molecule has 1 N–H and O–H groups in total. The van der Waals surface area contributed by atoms with Crippen LogP contribution in [0, 0.1) is 13.8 Å². The Morgan fingerprint density at radius 3 is 2.46 bits per heavy atom. The predicted molar refractivity (Wildman–Crippen MR) is 90.1 cm³/mol. The summed E-state index contributed by atoms with van der Waals surface area (Å²) < 4.78 is 5.13. The number of amides is 2. The molecule has 6 nitrogen and oxygen atoms in total. The lowest BCUT2D eigenvalue weighted by atomic mass is 10.0. The van der Waals surface area contributed by atoms with Gasteiger partial charge in [-0.2, -0.15) is 0 Å². The molecular formula is C18H23N3O3. The molecule has 0 fully saturated rings. The van der Waals surface area contributed by atoms with Crippen molar-refractivity contribution in [2.24, 2.45) is 0 Å². The standard InChI is InChI=1S/C18H23N3O3/c1-12-16(13(2)24-20-12)11-21(4)18(23)10-17(19-14(3)22)15-8-6-5-7-9-15/h5-9,17H,10-11H2,1-4H3,(H,19,22)/t17-/m1/s1. The second-order valence-electron chi connectivity index (χ2n) is 5.92. The smallest absolute Gasteiger partial charge is 0.225 e. The van der Waals surface area contributed by atoms with E-state index in [4.69, 9.17) is 4.52 Å². The van der Waals surface area contributed by atoms with E-state index in [0.29, 0.717) is 12.3 Å². The fourth-order valence-electron chi connectivity index (χ4n) is 2.57. The van der Waals surface area contributed by atoms with Gasteiger partial charge in [-0.3, -0.25) is 9.59 Å². The van der Waals surface area contributed by atoms with Gasteiger partial charge in [0.1, 0.15) is 5.76 Å². The highest BCUT2D eigenvalue weighted by Crippen LogP contribution is 2.19. The molecule has 0 saturated heterocycles. The summed E-state index contributed by atoms with van der Waals surface area (Å²) in [5.41, 5.74) is 2.61. The van der Waals surface area contributed by atoms with Gasteiger partial charge < -0.3 is 14.7 Å². The first-order chi connectivity index (χ1) is 11.4. The van der Waals surface area contributed by atoms with E-state index in [1.54, 1.807) is 11.9 Å². The Morgan fingerprint density at radius 1 is 1.25 bits per heavy atom. The van der Waals surface area contributed by atoms with Crippen LogP contribution in [-0.2, 0) is 16.1 Å². The number of carbonyl (C=O) groups excluding carboxylic acids is 2. The molecule has 0 bridgehead atoms. The summed E-state index contributed by atoms with van der Waals surface area (Å²) in [5, 5.41) is 6.75. The molecule has 6 heteroatoms. The largest absolute Gasteiger partial charge is 0.361 e. The maximum Gasteiger partial charge on any atom is 0.225 e. The summed E-state index contributed by atoms with van der Waals surface area (Å²) >= 11 is 0. The topological polar surface area (TPSA) is 75.4 Å². The number of rotatable bonds is 6. The van der Waals surface area contributed by atoms with Crippen LogP contribution in [0.3, 0.4) is 0 Å². The lowest BCUT2D eigenvalue weighted by molar-refractivity contribution is -0.131. The van der Waals surface area contributed by atoms with Gasteiger partial charge in [-0.05, 0) is 19.4 Å². The van der Waals surface area contributed by atoms with Crippen molar-refractivity contribution in [3.8, 4) is 0 Å². The minimum atomic E-state index is -0.344. The Bertz CT molecular complexity index is 690. The normalized spacial score (nSPS) is 11.8. The van der Waals surface area contributed by atoms with E-state index < -0.39 is 0 Å². The van der Waals surface area contributed by atoms with Crippen LogP contribution in [0.25, 0.3) is 0 Å². The van der Waals surface area contributed by atoms with Crippen LogP contribution >= 0.6 is 0 Å². The third kappa shape index (κ3) is 4.44. The van der Waals surface area contributed by atoms with Gasteiger partial charge in [0.15, 0.2) is 0 Å². The molecular weight excluding hydrogens is 306 g/mol. The second kappa shape index (κ2) is 7.77. The highest BCUT2D eigenvalue weighted by molar-refractivity contribution is 5.79. The quantitative estimate of drug-likeness (QED) is 0.883. The number of hydrogen-bond donors (Lipinski definition) is 1. The van der Waals surface area contributed by atoms with Gasteiger partial charge in [-0.15, -0.1) is 0 Å². The molecule has 1 aromatic carbocycles. The Balaban J connectivity index is 2.08. The molecule has 0 aliphatic carbocycles. The zero-order valence-electron chi connectivity index (χ0n) is 14.5. The third-order valence-corrected chi connectivity index (χ3v) is 3.96. The minimum absolute atomic E-state index is 0.0578. The molecule has 0 aliphatic heterocycles. The number of carbonyl (C=O) groups is 2. The number of aryl methyl sites for hydroxylation is 2. The molecule has 2 aromatic rings. The highest BCUT2D eigenvalue weighted by Gasteiger charge is 2.21. The molecule has 2 rings (SSSR count). The van der Waals surface area contributed by atoms with Crippen molar-refractivity contribution in [3.63, 3.8) is 0 Å². The Labute approximate surface area is 141 Å². The van der Waals surface area contributed by atoms with Gasteiger partial charge in [0.25, 0.3) is 0 Å². The van der Waals surface area contributed by atoms with Crippen molar-refractivity contribution in [1.29, 1.82) is 0 Å². The van der Waals surface area contributed by atoms with Crippen molar-refractivity contribution < 1.29 is 14.1 Å². The molecule has 128 valence electrons. The Morgan fingerprint density at radius 2 is 1.92 bits per heavy atom. The average Bonchev–Trinajstić information content (AvgIpc) is 2.86. The number of benzene rings is 1. The minimum Gasteiger partial charge on any atom is -0.361 e. The highest BCUT2D eigenvalue weighted by atomic mass is 16.5. The van der Waals surface area contributed by atoms with Crippen LogP contribution in [0.15, 0.2) is 34.9 Å². The number of aromatic nitrogens is 1. The van der Waals surface area contributed by atoms with Gasteiger partial charge in [0.05, 0.1) is 24.7 Å². The van der Waals surface area contributed by atoms with Crippen molar-refractivity contribution in [1.82, 2.24) is 15.4 Å². The van der Waals surface area contributed by atoms with Crippen molar-refractivity contribution in [3.05, 3.63) is 52.9 Å². The van der Waals surface area contributed by atoms with Crippen LogP contribution in [0.1, 0.15) is 42.0 Å². The van der Waals surface area contributed by atoms with Gasteiger partial charge >= 0.3 is 0 Å². The summed E-state index contributed by atoms with van der Waals surface area (Å²) in [7, 11) is 1.74. The molecule has 0 aliphatic rings. The predicted octanol–water partition coefficient (Wildman–Crippen LogP) is 2.52. The Hall–Kier alpha value is -2.63. The summed E-state index contributed by atoms with van der Waals surface area (Å²) in [6.45, 7) is 5.57. The average molecular weight is 329 g/mol. The zero-order chi connectivity index (χ0) is 17.7. The molecule has 1 atom stereocenters. The fraction of sp³-hybridized carbons (Fsp3) is 0.389. The first-order valence-corrected chi connectivity index (χ1v) is 7.86. The molecule has 1 heterocycles. The van der Waals surface area contributed by atoms with Crippen LogP contribution < -0.4 is 5.32 Å². The van der Waals surface area contributed by atoms with Crippen LogP contribution in [0.5, 0.6) is 0 Å². The van der Waals surface area contributed by atoms with E-state index in [2.05, 4.69) is 10.5 Å². The monoisotopic (exact) mass is 329 g/mol. The van der Waals surface area contributed by atoms with E-state index in [1.807, 2.05) is 44.2 Å². The number of nitrogens with one attached hydrogen (secondary N) is 1. The van der Waals surface area contributed by atoms with Gasteiger partial charge in [0, 0.05) is 19.5 Å². The lowest BCUT2D eigenvalue weighted by Crippen LogP contribution is -2.33. The fourth-order valence-corrected chi connectivity index (χ4v) is 2.57. The van der Waals surface area contributed by atoms with Gasteiger partial charge in [-0.1, -0.05) is 35.5 Å². The second-order valence-corrected chi connectivity index (χ2v) is 5.92. The summed E-state index contributed by atoms with van der Waals surface area (Å²) in [6, 6.07) is 9.15. The van der Waals surface area contributed by atoms with E-state index in [1.165, 1.54) is 6.92 Å². The number of hydrogen-bond acceptors (Lipinski definition) is 4. The maximum atomic E-state index is 12.6. The first-order valence-electron chi connectivity index (χ1n) is 7.86. The summed E-state index contributed by atoms with van der Waals surface area (Å²) in [6.07, 6.45) is 0.198. The van der Waals surface area contributed by atoms with E-state index >= 15 is 0 Å². The molecule has 2 amide bonds. The molecule has 0 spiro atoms. The van der Waals surface area contributed by atoms with Crippen LogP contribution in [-0.4, -0.2) is 28.9 Å². The van der Waals surface area contributed by atoms with Crippen molar-refractivity contribution in [2.45, 2.75) is 39.8 Å². The summed E-state index contributed by atoms with van der Waals surface area (Å²) in [5.74, 6) is 0.497. The van der Waals surface area contributed by atoms with Gasteiger partial charge in [-0.25, -0.2) is 0 Å². The van der Waals surface area contributed by atoms with Gasteiger partial charge in [0.2, 0.25) is 11.8 Å². The third-order valence-electron chi connectivity index (χ3n) is 3.96. The van der Waals surface area contributed by atoms with E-state index in [-0.39, 0.29) is 24.3 Å². The Kier molecular flexibility index (Phi) is 5.73. The molecule has 0 unspecified atom stereocenters. The zero-order valence-corrected chi connectivity index (χ0v) is 14.5. The molecule has 1 aromatic heterocycles. The first kappa shape index (κ1) is 17.7. The SMILES string of the molecule is CC(=O)N[C@H](CC(=O)N(C)Cc1c(C)noc1C)c1ccccc1. The molecule has 0 radical (unpaired) electrons. The van der Waals surface area contributed by atoms with E-state index in [0.717, 1.165) is 16.8 Å². The van der Waals surface area contributed by atoms with Crippen LogP contribution in [0.2, 0.25) is 0 Å². The van der Waals surface area contributed by atoms with E-state index in [9.17, 15) is 9.59 Å². The molecule has 24 heavy (non-hydrogen) atoms. The lowest BCUT2D eigenvalue weighted by Gasteiger charge is -2.22. The molecule has 0 saturated carbocycles. The van der Waals surface area contributed by atoms with Crippen molar-refractivity contribution >= 4 is 11.8 Å².